The smallest absolute Gasteiger partial charge is 0.252 e. The van der Waals surface area contributed by atoms with Gasteiger partial charge in [-0.25, -0.2) is 4.98 Å². The molecule has 1 aromatic heterocycles. The topological polar surface area (TPSA) is 63.2 Å². The van der Waals surface area contributed by atoms with Gasteiger partial charge in [-0.15, -0.1) is 0 Å². The molecule has 1 fully saturated rings. The Kier molecular flexibility index (Phi) is 4.92. The number of hydrogen-bond acceptors (Lipinski definition) is 4. The lowest BCUT2D eigenvalue weighted by Gasteiger charge is -2.12. The molecule has 1 saturated carbocycles. The van der Waals surface area contributed by atoms with Gasteiger partial charge in [-0.05, 0) is 49.1 Å². The number of methoxy groups -OCH3 is 1. The van der Waals surface area contributed by atoms with Gasteiger partial charge in [0.2, 0.25) is 0 Å². The summed E-state index contributed by atoms with van der Waals surface area (Å²) in [7, 11) is 1.67. The Morgan fingerprint density at radius 2 is 2.00 bits per heavy atom. The van der Waals surface area contributed by atoms with Crippen molar-refractivity contribution in [3.05, 3.63) is 65.7 Å². The Bertz CT molecular complexity index is 967. The number of rotatable bonds is 7. The summed E-state index contributed by atoms with van der Waals surface area (Å²) >= 11 is 0. The number of fused-ring (bicyclic) bond motifs is 1. The maximum absolute atomic E-state index is 12.6. The monoisotopic (exact) mass is 361 g/mol. The maximum Gasteiger partial charge on any atom is 0.252 e. The van der Waals surface area contributed by atoms with Crippen LogP contribution in [0.3, 0.4) is 0 Å². The van der Waals surface area contributed by atoms with E-state index in [9.17, 15) is 4.79 Å². The normalized spacial score (nSPS) is 13.4. The van der Waals surface area contributed by atoms with Gasteiger partial charge < -0.3 is 15.4 Å². The Labute approximate surface area is 158 Å². The Morgan fingerprint density at radius 3 is 2.81 bits per heavy atom. The highest BCUT2D eigenvalue weighted by atomic mass is 16.5. The molecule has 1 aliphatic rings. The van der Waals surface area contributed by atoms with Crippen molar-refractivity contribution in [2.24, 2.45) is 0 Å². The van der Waals surface area contributed by atoms with Crippen LogP contribution in [-0.2, 0) is 6.42 Å². The van der Waals surface area contributed by atoms with Crippen LogP contribution in [-0.4, -0.2) is 30.6 Å². The lowest BCUT2D eigenvalue weighted by atomic mass is 10.1. The van der Waals surface area contributed by atoms with Gasteiger partial charge in [-0.1, -0.05) is 30.3 Å². The quantitative estimate of drug-likeness (QED) is 0.672. The minimum atomic E-state index is -0.0213. The molecule has 0 saturated heterocycles. The molecule has 138 valence electrons. The van der Waals surface area contributed by atoms with Gasteiger partial charge in [-0.3, -0.25) is 4.79 Å². The van der Waals surface area contributed by atoms with Gasteiger partial charge >= 0.3 is 0 Å². The predicted molar refractivity (Wildman–Crippen MR) is 107 cm³/mol. The van der Waals surface area contributed by atoms with E-state index < -0.39 is 0 Å². The lowest BCUT2D eigenvalue weighted by molar-refractivity contribution is 0.0952. The van der Waals surface area contributed by atoms with E-state index in [1.54, 1.807) is 7.11 Å². The third-order valence-corrected chi connectivity index (χ3v) is 4.73. The summed E-state index contributed by atoms with van der Waals surface area (Å²) in [4.78, 5) is 17.3. The van der Waals surface area contributed by atoms with E-state index >= 15 is 0 Å². The first-order chi connectivity index (χ1) is 13.2. The number of aromatic nitrogens is 1. The second kappa shape index (κ2) is 7.66. The average Bonchev–Trinajstić information content (AvgIpc) is 3.51. The van der Waals surface area contributed by atoms with Gasteiger partial charge in [0.15, 0.2) is 0 Å². The molecule has 0 spiro atoms. The number of ether oxygens (including phenoxy) is 1. The van der Waals surface area contributed by atoms with E-state index in [0.717, 1.165) is 48.3 Å². The Balaban J connectivity index is 1.51. The highest BCUT2D eigenvalue weighted by Gasteiger charge is 2.25. The van der Waals surface area contributed by atoms with E-state index in [1.165, 1.54) is 5.56 Å². The number of carbonyl (C=O) groups excluding carboxylic acids is 1. The van der Waals surface area contributed by atoms with Crippen LogP contribution in [0.25, 0.3) is 10.9 Å². The molecule has 5 nitrogen and oxygen atoms in total. The van der Waals surface area contributed by atoms with Crippen LogP contribution in [0.5, 0.6) is 5.75 Å². The number of pyridine rings is 1. The SMILES string of the molecule is COc1cccc(CCNc2cc(C(=O)NC3CC3)c3ccccc3n2)c1. The zero-order chi connectivity index (χ0) is 18.6. The van der Waals surface area contributed by atoms with Gasteiger partial charge in [0.1, 0.15) is 11.6 Å². The number of nitrogens with one attached hydrogen (secondary N) is 2. The molecule has 1 amide bonds. The van der Waals surface area contributed by atoms with Crippen molar-refractivity contribution in [1.29, 1.82) is 0 Å². The van der Waals surface area contributed by atoms with Crippen LogP contribution in [0.1, 0.15) is 28.8 Å². The summed E-state index contributed by atoms with van der Waals surface area (Å²) in [6.45, 7) is 0.724. The van der Waals surface area contributed by atoms with Crippen LogP contribution in [0.4, 0.5) is 5.82 Å². The third kappa shape index (κ3) is 4.19. The summed E-state index contributed by atoms with van der Waals surface area (Å²) in [5.41, 5.74) is 2.69. The third-order valence-electron chi connectivity index (χ3n) is 4.73. The van der Waals surface area contributed by atoms with Crippen molar-refractivity contribution in [1.82, 2.24) is 10.3 Å². The van der Waals surface area contributed by atoms with E-state index in [4.69, 9.17) is 4.74 Å². The molecule has 3 aromatic rings. The predicted octanol–water partition coefficient (Wildman–Crippen LogP) is 3.79. The highest BCUT2D eigenvalue weighted by Crippen LogP contribution is 2.24. The molecular weight excluding hydrogens is 338 g/mol. The van der Waals surface area contributed by atoms with Crippen LogP contribution in [0, 0.1) is 0 Å². The molecule has 1 aliphatic carbocycles. The summed E-state index contributed by atoms with van der Waals surface area (Å²) in [5, 5.41) is 7.31. The van der Waals surface area contributed by atoms with Crippen molar-refractivity contribution in [2.75, 3.05) is 19.0 Å². The van der Waals surface area contributed by atoms with Crippen LogP contribution in [0.2, 0.25) is 0 Å². The zero-order valence-electron chi connectivity index (χ0n) is 15.4. The first-order valence-corrected chi connectivity index (χ1v) is 9.30. The number of anilines is 1. The van der Waals surface area contributed by atoms with Crippen molar-refractivity contribution < 1.29 is 9.53 Å². The molecule has 5 heteroatoms. The number of carbonyl (C=O) groups is 1. The van der Waals surface area contributed by atoms with E-state index in [-0.39, 0.29) is 5.91 Å². The summed E-state index contributed by atoms with van der Waals surface area (Å²) in [6.07, 6.45) is 2.98. The van der Waals surface area contributed by atoms with Gasteiger partial charge in [0, 0.05) is 18.0 Å². The van der Waals surface area contributed by atoms with Crippen molar-refractivity contribution >= 4 is 22.6 Å². The second-order valence-electron chi connectivity index (χ2n) is 6.85. The number of benzene rings is 2. The van der Waals surface area contributed by atoms with Crippen molar-refractivity contribution in [2.45, 2.75) is 25.3 Å². The largest absolute Gasteiger partial charge is 0.497 e. The molecule has 0 unspecified atom stereocenters. The number of hydrogen-bond donors (Lipinski definition) is 2. The van der Waals surface area contributed by atoms with Crippen molar-refractivity contribution in [3.63, 3.8) is 0 Å². The Morgan fingerprint density at radius 1 is 1.15 bits per heavy atom. The summed E-state index contributed by atoms with van der Waals surface area (Å²) in [6, 6.07) is 18.0. The van der Waals surface area contributed by atoms with Crippen LogP contribution in [0.15, 0.2) is 54.6 Å². The minimum Gasteiger partial charge on any atom is -0.497 e. The van der Waals surface area contributed by atoms with Gasteiger partial charge in [0.25, 0.3) is 5.91 Å². The lowest BCUT2D eigenvalue weighted by Crippen LogP contribution is -2.25. The number of amides is 1. The maximum atomic E-state index is 12.6. The average molecular weight is 361 g/mol. The fourth-order valence-electron chi connectivity index (χ4n) is 3.11. The number of para-hydroxylation sites is 1. The highest BCUT2D eigenvalue weighted by molar-refractivity contribution is 6.07. The molecule has 1 heterocycles. The molecule has 4 rings (SSSR count). The Hall–Kier alpha value is -3.08. The molecule has 0 bridgehead atoms. The van der Waals surface area contributed by atoms with Gasteiger partial charge in [0.05, 0.1) is 18.2 Å². The van der Waals surface area contributed by atoms with Crippen LogP contribution >= 0.6 is 0 Å². The van der Waals surface area contributed by atoms with Crippen molar-refractivity contribution in [3.8, 4) is 5.75 Å². The molecule has 0 atom stereocenters. The fraction of sp³-hybridized carbons (Fsp3) is 0.273. The zero-order valence-corrected chi connectivity index (χ0v) is 15.4. The molecule has 27 heavy (non-hydrogen) atoms. The minimum absolute atomic E-state index is 0.0213. The molecule has 0 aliphatic heterocycles. The van der Waals surface area contributed by atoms with E-state index in [0.29, 0.717) is 11.6 Å². The molecule has 2 aromatic carbocycles. The first kappa shape index (κ1) is 17.3. The second-order valence-corrected chi connectivity index (χ2v) is 6.85. The fourth-order valence-corrected chi connectivity index (χ4v) is 3.11. The van der Waals surface area contributed by atoms with Gasteiger partial charge in [-0.2, -0.15) is 0 Å². The standard InChI is InChI=1S/C22H23N3O2/c1-27-17-6-4-5-15(13-17)11-12-23-21-14-19(22(26)24-16-9-10-16)18-7-2-3-8-20(18)25-21/h2-8,13-14,16H,9-12H2,1H3,(H,23,25)(H,24,26). The van der Waals surface area contributed by atoms with E-state index in [2.05, 4.69) is 21.7 Å². The summed E-state index contributed by atoms with van der Waals surface area (Å²) < 4.78 is 5.27. The van der Waals surface area contributed by atoms with Crippen LogP contribution < -0.4 is 15.4 Å². The van der Waals surface area contributed by atoms with E-state index in [1.807, 2.05) is 48.5 Å². The molecule has 0 radical (unpaired) electrons. The molecular formula is C22H23N3O2. The summed E-state index contributed by atoms with van der Waals surface area (Å²) in [5.74, 6) is 1.56. The number of nitrogens with zero attached hydrogens (tertiary/aromatic N) is 1. The first-order valence-electron chi connectivity index (χ1n) is 9.30. The molecule has 2 N–H and O–H groups in total.